The maximum atomic E-state index is 13.4. The minimum atomic E-state index is -3.64. The van der Waals surface area contributed by atoms with E-state index in [0.717, 1.165) is 11.1 Å². The molecule has 0 amide bonds. The van der Waals surface area contributed by atoms with Crippen molar-refractivity contribution in [1.29, 1.82) is 0 Å². The molecule has 0 radical (unpaired) electrons. The van der Waals surface area contributed by atoms with Crippen LogP contribution in [0.1, 0.15) is 36.9 Å². The van der Waals surface area contributed by atoms with Gasteiger partial charge in [-0.3, -0.25) is 0 Å². The predicted molar refractivity (Wildman–Crippen MR) is 110 cm³/mol. The summed E-state index contributed by atoms with van der Waals surface area (Å²) in [4.78, 5) is 0. The first-order chi connectivity index (χ1) is 12.9. The summed E-state index contributed by atoms with van der Waals surface area (Å²) in [5.74, 6) is 0.0303. The molecule has 0 aliphatic carbocycles. The summed E-state index contributed by atoms with van der Waals surface area (Å²) in [5, 5.41) is 2.46. The monoisotopic (exact) mass is 407 g/mol. The van der Waals surface area contributed by atoms with Gasteiger partial charge in [0.05, 0.1) is 6.04 Å². The van der Waals surface area contributed by atoms with Gasteiger partial charge in [-0.2, -0.15) is 12.7 Å². The van der Waals surface area contributed by atoms with Gasteiger partial charge in [0.1, 0.15) is 0 Å². The Bertz CT molecular complexity index is 855. The average molecular weight is 408 g/mol. The molecule has 1 unspecified atom stereocenters. The van der Waals surface area contributed by atoms with Crippen molar-refractivity contribution in [2.45, 2.75) is 25.8 Å². The molecule has 1 fully saturated rings. The fraction of sp³-hybridized carbons (Fsp3) is 0.400. The van der Waals surface area contributed by atoms with Crippen molar-refractivity contribution in [2.24, 2.45) is 0 Å². The lowest BCUT2D eigenvalue weighted by Gasteiger charge is -2.34. The van der Waals surface area contributed by atoms with Gasteiger partial charge in [0.25, 0.3) is 10.2 Å². The average Bonchev–Trinajstić information content (AvgIpc) is 3.02. The predicted octanol–water partition coefficient (Wildman–Crippen LogP) is 3.91. The highest BCUT2D eigenvalue weighted by Gasteiger charge is 2.47. The maximum absolute atomic E-state index is 13.4. The molecule has 0 N–H and O–H groups in total. The number of likely N-dealkylation sites (N-methyl/N-ethyl adjacent to an activating group) is 1. The Hall–Kier alpha value is -1.44. The lowest BCUT2D eigenvalue weighted by Crippen LogP contribution is -2.48. The molecule has 2 aromatic rings. The van der Waals surface area contributed by atoms with Crippen molar-refractivity contribution in [1.82, 2.24) is 13.7 Å². The van der Waals surface area contributed by atoms with Crippen LogP contribution in [0.25, 0.3) is 0 Å². The van der Waals surface area contributed by atoms with Gasteiger partial charge >= 0.3 is 0 Å². The highest BCUT2D eigenvalue weighted by molar-refractivity contribution is 7.86. The fourth-order valence-electron chi connectivity index (χ4n) is 3.83. The highest BCUT2D eigenvalue weighted by atomic mass is 35.5. The maximum Gasteiger partial charge on any atom is 0.295 e. The van der Waals surface area contributed by atoms with E-state index < -0.39 is 10.2 Å². The smallest absolute Gasteiger partial charge is 0.229 e. The summed E-state index contributed by atoms with van der Waals surface area (Å²) in [7, 11) is -1.80. The molecule has 7 heteroatoms. The Kier molecular flexibility index (Phi) is 6.23. The Labute approximate surface area is 167 Å². The third-order valence-electron chi connectivity index (χ3n) is 5.12. The van der Waals surface area contributed by atoms with E-state index in [1.165, 1.54) is 4.31 Å². The van der Waals surface area contributed by atoms with Crippen molar-refractivity contribution >= 4 is 21.8 Å². The van der Waals surface area contributed by atoms with E-state index >= 15 is 0 Å². The number of hydrazine groups is 1. The van der Waals surface area contributed by atoms with Crippen LogP contribution in [0.5, 0.6) is 0 Å². The summed E-state index contributed by atoms with van der Waals surface area (Å²) in [5.41, 5.74) is 2.06. The first-order valence-corrected chi connectivity index (χ1v) is 11.0. The first kappa shape index (κ1) is 20.3. The molecule has 0 spiro atoms. The summed E-state index contributed by atoms with van der Waals surface area (Å²) in [6, 6.07) is 17.3. The Morgan fingerprint density at radius 3 is 2.15 bits per heavy atom. The van der Waals surface area contributed by atoms with Crippen molar-refractivity contribution in [3.63, 3.8) is 0 Å². The number of halogens is 1. The second-order valence-corrected chi connectivity index (χ2v) is 8.94. The second kappa shape index (κ2) is 8.29. The first-order valence-electron chi connectivity index (χ1n) is 9.21. The van der Waals surface area contributed by atoms with E-state index in [2.05, 4.69) is 12.1 Å². The van der Waals surface area contributed by atoms with Gasteiger partial charge in [-0.1, -0.05) is 67.9 Å². The van der Waals surface area contributed by atoms with Crippen LogP contribution in [0.2, 0.25) is 5.02 Å². The molecule has 2 aromatic carbocycles. The number of hydrogen-bond donors (Lipinski definition) is 0. The zero-order chi connectivity index (χ0) is 19.6. The fourth-order valence-corrected chi connectivity index (χ4v) is 5.82. The van der Waals surface area contributed by atoms with Crippen molar-refractivity contribution in [3.8, 4) is 0 Å². The molecule has 1 aliphatic heterocycles. The van der Waals surface area contributed by atoms with E-state index in [1.807, 2.05) is 68.4 Å². The molecule has 2 atom stereocenters. The van der Waals surface area contributed by atoms with Crippen LogP contribution < -0.4 is 0 Å². The molecular weight excluding hydrogens is 382 g/mol. The second-order valence-electron chi connectivity index (χ2n) is 6.72. The molecule has 27 heavy (non-hydrogen) atoms. The van der Waals surface area contributed by atoms with E-state index in [9.17, 15) is 8.42 Å². The van der Waals surface area contributed by atoms with Gasteiger partial charge in [-0.05, 0) is 23.3 Å². The molecule has 5 nitrogen and oxygen atoms in total. The third-order valence-corrected chi connectivity index (χ3v) is 7.52. The Morgan fingerprint density at radius 1 is 1.00 bits per heavy atom. The lowest BCUT2D eigenvalue weighted by atomic mass is 9.89. The molecule has 1 saturated heterocycles. The molecule has 146 valence electrons. The van der Waals surface area contributed by atoms with Crippen LogP contribution >= 0.6 is 11.6 Å². The number of nitrogens with zero attached hydrogens (tertiary/aromatic N) is 3. The van der Waals surface area contributed by atoms with E-state index in [0.29, 0.717) is 24.7 Å². The highest BCUT2D eigenvalue weighted by Crippen LogP contribution is 2.44. The van der Waals surface area contributed by atoms with Gasteiger partial charge in [-0.25, -0.2) is 5.01 Å². The summed E-state index contributed by atoms with van der Waals surface area (Å²) in [6.07, 6.45) is 0. The largest absolute Gasteiger partial charge is 0.295 e. The van der Waals surface area contributed by atoms with Gasteiger partial charge in [-0.15, -0.1) is 4.41 Å². The van der Waals surface area contributed by atoms with Crippen molar-refractivity contribution < 1.29 is 8.42 Å². The lowest BCUT2D eigenvalue weighted by molar-refractivity contribution is 0.114. The van der Waals surface area contributed by atoms with E-state index in [1.54, 1.807) is 4.41 Å². The van der Waals surface area contributed by atoms with E-state index in [4.69, 9.17) is 11.6 Å². The zero-order valence-corrected chi connectivity index (χ0v) is 17.5. The topological polar surface area (TPSA) is 43.9 Å². The summed E-state index contributed by atoms with van der Waals surface area (Å²) < 4.78 is 29.9. The van der Waals surface area contributed by atoms with Crippen LogP contribution in [0.4, 0.5) is 0 Å². The summed E-state index contributed by atoms with van der Waals surface area (Å²) >= 11 is 6.07. The molecule has 1 heterocycles. The minimum Gasteiger partial charge on any atom is -0.229 e. The third kappa shape index (κ3) is 3.91. The van der Waals surface area contributed by atoms with Crippen LogP contribution in [-0.2, 0) is 10.2 Å². The Balaban J connectivity index is 2.12. The molecule has 1 aliphatic rings. The van der Waals surface area contributed by atoms with Crippen LogP contribution in [0.3, 0.4) is 0 Å². The van der Waals surface area contributed by atoms with Crippen LogP contribution in [0.15, 0.2) is 54.6 Å². The minimum absolute atomic E-state index is 0.0303. The number of rotatable bonds is 6. The zero-order valence-electron chi connectivity index (χ0n) is 15.9. The van der Waals surface area contributed by atoms with Gasteiger partial charge < -0.3 is 0 Å². The van der Waals surface area contributed by atoms with Gasteiger partial charge in [0.2, 0.25) is 0 Å². The van der Waals surface area contributed by atoms with Gasteiger partial charge in [0.15, 0.2) is 0 Å². The standard InChI is InChI=1S/C20H26ClN3O2S/c1-4-23(5-2)27(25,26)24-20(17-11-13-18(21)14-12-17)19(15-22(24)3)16-9-7-6-8-10-16/h6-14,19-20H,4-5,15H2,1-3H3/t19-,20?/m1/s1. The normalized spacial score (nSPS) is 21.8. The van der Waals surface area contributed by atoms with Crippen molar-refractivity contribution in [2.75, 3.05) is 26.7 Å². The Morgan fingerprint density at radius 2 is 1.59 bits per heavy atom. The van der Waals surface area contributed by atoms with E-state index in [-0.39, 0.29) is 12.0 Å². The van der Waals surface area contributed by atoms with Crippen LogP contribution in [0, 0.1) is 0 Å². The van der Waals surface area contributed by atoms with Gasteiger partial charge in [0, 0.05) is 37.6 Å². The molecule has 0 saturated carbocycles. The molecule has 0 aromatic heterocycles. The van der Waals surface area contributed by atoms with Crippen molar-refractivity contribution in [3.05, 3.63) is 70.7 Å². The molecule has 3 rings (SSSR count). The summed E-state index contributed by atoms with van der Waals surface area (Å²) in [6.45, 7) is 5.23. The van der Waals surface area contributed by atoms with Crippen LogP contribution in [-0.4, -0.2) is 48.8 Å². The molecular formula is C20H26ClN3O2S. The number of benzene rings is 2. The molecule has 0 bridgehead atoms. The SMILES string of the molecule is CCN(CC)S(=O)(=O)N1C(c2ccc(Cl)cc2)[C@@H](c2ccccc2)CN1C. The quantitative estimate of drug-likeness (QED) is 0.729. The number of hydrogen-bond acceptors (Lipinski definition) is 3.